The molecule has 1 aliphatic carbocycles. The topological polar surface area (TPSA) is 12.0 Å². The molecule has 0 saturated heterocycles. The van der Waals surface area contributed by atoms with Crippen molar-refractivity contribution in [2.75, 3.05) is 13.6 Å². The van der Waals surface area contributed by atoms with Crippen LogP contribution in [0.4, 0.5) is 0 Å². The Hall–Kier alpha value is -0.480. The van der Waals surface area contributed by atoms with Gasteiger partial charge in [0.2, 0.25) is 0 Å². The van der Waals surface area contributed by atoms with Crippen LogP contribution >= 0.6 is 0 Å². The van der Waals surface area contributed by atoms with Crippen LogP contribution in [-0.4, -0.2) is 13.6 Å². The average molecular weight is 109 g/mol. The molecule has 1 saturated carbocycles. The second-order valence-electron chi connectivity index (χ2n) is 2.13. The molecule has 44 valence electrons. The molecule has 0 radical (unpaired) electrons. The highest BCUT2D eigenvalue weighted by Crippen LogP contribution is 2.27. The molecule has 0 aliphatic heterocycles. The van der Waals surface area contributed by atoms with Crippen molar-refractivity contribution in [3.05, 3.63) is 0 Å². The Morgan fingerprint density at radius 3 is 2.88 bits per heavy atom. The van der Waals surface area contributed by atoms with E-state index >= 15 is 0 Å². The fraction of sp³-hybridized carbons (Fsp3) is 0.714. The first kappa shape index (κ1) is 5.65. The van der Waals surface area contributed by atoms with E-state index in [2.05, 4.69) is 17.2 Å². The van der Waals surface area contributed by atoms with Crippen LogP contribution in [0.2, 0.25) is 0 Å². The third-order valence-corrected chi connectivity index (χ3v) is 1.15. The molecule has 1 rings (SSSR count). The minimum Gasteiger partial charge on any atom is -0.309 e. The molecule has 1 heteroatoms. The van der Waals surface area contributed by atoms with Crippen LogP contribution in [0.5, 0.6) is 0 Å². The minimum atomic E-state index is 0.753. The number of nitrogens with one attached hydrogen (secondary N) is 1. The largest absolute Gasteiger partial charge is 0.309 e. The summed E-state index contributed by atoms with van der Waals surface area (Å²) in [5.41, 5.74) is 0. The highest BCUT2D eigenvalue weighted by Gasteiger charge is 2.17. The van der Waals surface area contributed by atoms with Crippen molar-refractivity contribution in [2.24, 2.45) is 5.92 Å². The molecule has 1 aliphatic rings. The van der Waals surface area contributed by atoms with Gasteiger partial charge in [0.15, 0.2) is 0 Å². The van der Waals surface area contributed by atoms with E-state index in [0.717, 1.165) is 12.5 Å². The molecule has 0 spiro atoms. The Morgan fingerprint density at radius 1 is 1.62 bits per heavy atom. The number of hydrogen-bond acceptors (Lipinski definition) is 1. The Balaban J connectivity index is 2.05. The van der Waals surface area contributed by atoms with E-state index in [9.17, 15) is 0 Å². The molecular formula is C7H11N. The summed E-state index contributed by atoms with van der Waals surface area (Å²) in [6.07, 6.45) is 2.66. The smallest absolute Gasteiger partial charge is 0.0574 e. The van der Waals surface area contributed by atoms with Gasteiger partial charge in [0.1, 0.15) is 0 Å². The van der Waals surface area contributed by atoms with Gasteiger partial charge in [0.25, 0.3) is 0 Å². The fourth-order valence-corrected chi connectivity index (χ4v) is 0.511. The lowest BCUT2D eigenvalue weighted by Gasteiger charge is -1.80. The molecule has 0 bridgehead atoms. The molecule has 0 heterocycles. The van der Waals surface area contributed by atoms with Gasteiger partial charge in [-0.15, -0.1) is 0 Å². The lowest BCUT2D eigenvalue weighted by Crippen LogP contribution is -2.04. The lowest BCUT2D eigenvalue weighted by atomic mass is 10.4. The van der Waals surface area contributed by atoms with Crippen molar-refractivity contribution in [3.63, 3.8) is 0 Å². The van der Waals surface area contributed by atoms with E-state index in [0.29, 0.717) is 0 Å². The molecule has 0 aromatic rings. The summed E-state index contributed by atoms with van der Waals surface area (Å²) in [5.74, 6) is 6.93. The second-order valence-corrected chi connectivity index (χ2v) is 2.13. The SMILES string of the molecule is CNCC#CC1CC1. The van der Waals surface area contributed by atoms with Crippen molar-refractivity contribution in [1.82, 2.24) is 5.32 Å². The Labute approximate surface area is 50.5 Å². The van der Waals surface area contributed by atoms with Gasteiger partial charge in [-0.1, -0.05) is 11.8 Å². The standard InChI is InChI=1S/C7H11N/c1-8-6-2-3-7-4-5-7/h7-8H,4-6H2,1H3. The van der Waals surface area contributed by atoms with Gasteiger partial charge < -0.3 is 5.32 Å². The summed E-state index contributed by atoms with van der Waals surface area (Å²) in [7, 11) is 1.92. The zero-order valence-corrected chi connectivity index (χ0v) is 5.20. The minimum absolute atomic E-state index is 0.753. The van der Waals surface area contributed by atoms with Crippen LogP contribution in [0.1, 0.15) is 12.8 Å². The monoisotopic (exact) mass is 109 g/mol. The average Bonchev–Trinajstić information content (AvgIpc) is 2.51. The van der Waals surface area contributed by atoms with Gasteiger partial charge in [-0.2, -0.15) is 0 Å². The summed E-state index contributed by atoms with van der Waals surface area (Å²) in [4.78, 5) is 0. The first-order valence-electron chi connectivity index (χ1n) is 3.06. The van der Waals surface area contributed by atoms with E-state index in [1.54, 1.807) is 0 Å². The molecule has 0 unspecified atom stereocenters. The Kier molecular flexibility index (Phi) is 1.93. The van der Waals surface area contributed by atoms with Gasteiger partial charge in [-0.05, 0) is 19.9 Å². The molecule has 1 N–H and O–H groups in total. The first-order valence-corrected chi connectivity index (χ1v) is 3.06. The quantitative estimate of drug-likeness (QED) is 0.487. The fourth-order valence-electron chi connectivity index (χ4n) is 0.511. The van der Waals surface area contributed by atoms with Gasteiger partial charge in [-0.3, -0.25) is 0 Å². The van der Waals surface area contributed by atoms with E-state index in [-0.39, 0.29) is 0 Å². The maximum absolute atomic E-state index is 3.14. The van der Waals surface area contributed by atoms with Crippen LogP contribution in [0.3, 0.4) is 0 Å². The van der Waals surface area contributed by atoms with Gasteiger partial charge >= 0.3 is 0 Å². The molecule has 0 aromatic heterocycles. The zero-order valence-electron chi connectivity index (χ0n) is 5.20. The molecule has 8 heavy (non-hydrogen) atoms. The van der Waals surface area contributed by atoms with Gasteiger partial charge in [0.05, 0.1) is 6.54 Å². The van der Waals surface area contributed by atoms with Crippen LogP contribution in [-0.2, 0) is 0 Å². The number of rotatable bonds is 1. The molecule has 0 atom stereocenters. The molecule has 0 aromatic carbocycles. The van der Waals surface area contributed by atoms with Crippen molar-refractivity contribution in [2.45, 2.75) is 12.8 Å². The van der Waals surface area contributed by atoms with Crippen molar-refractivity contribution in [1.29, 1.82) is 0 Å². The second kappa shape index (κ2) is 2.74. The summed E-state index contributed by atoms with van der Waals surface area (Å²) >= 11 is 0. The van der Waals surface area contributed by atoms with E-state index < -0.39 is 0 Å². The van der Waals surface area contributed by atoms with E-state index in [1.807, 2.05) is 7.05 Å². The van der Waals surface area contributed by atoms with E-state index in [4.69, 9.17) is 0 Å². The van der Waals surface area contributed by atoms with E-state index in [1.165, 1.54) is 12.8 Å². The zero-order chi connectivity index (χ0) is 5.82. The Morgan fingerprint density at radius 2 is 2.38 bits per heavy atom. The summed E-state index contributed by atoms with van der Waals surface area (Å²) < 4.78 is 0. The maximum atomic E-state index is 3.14. The van der Waals surface area contributed by atoms with Crippen LogP contribution in [0, 0.1) is 17.8 Å². The summed E-state index contributed by atoms with van der Waals surface area (Å²) in [5, 5.41) is 2.98. The number of hydrogen-bond donors (Lipinski definition) is 1. The predicted octanol–water partition coefficient (Wildman–Crippen LogP) is 0.619. The first-order chi connectivity index (χ1) is 3.93. The molecule has 1 fully saturated rings. The molecular weight excluding hydrogens is 98.1 g/mol. The lowest BCUT2D eigenvalue weighted by molar-refractivity contribution is 0.935. The third-order valence-electron chi connectivity index (χ3n) is 1.15. The van der Waals surface area contributed by atoms with Crippen LogP contribution < -0.4 is 5.32 Å². The normalized spacial score (nSPS) is 17.1. The molecule has 0 amide bonds. The van der Waals surface area contributed by atoms with Crippen LogP contribution in [0.15, 0.2) is 0 Å². The molecule has 1 nitrogen and oxygen atoms in total. The van der Waals surface area contributed by atoms with Gasteiger partial charge in [0, 0.05) is 5.92 Å². The maximum Gasteiger partial charge on any atom is 0.0574 e. The summed E-state index contributed by atoms with van der Waals surface area (Å²) in [6.45, 7) is 0.844. The van der Waals surface area contributed by atoms with Crippen molar-refractivity contribution in [3.8, 4) is 11.8 Å². The highest BCUT2D eigenvalue weighted by molar-refractivity contribution is 5.09. The van der Waals surface area contributed by atoms with Gasteiger partial charge in [-0.25, -0.2) is 0 Å². The predicted molar refractivity (Wildman–Crippen MR) is 34.4 cm³/mol. The van der Waals surface area contributed by atoms with Crippen LogP contribution in [0.25, 0.3) is 0 Å². The highest BCUT2D eigenvalue weighted by atomic mass is 14.8. The Bertz CT molecular complexity index is 114. The summed E-state index contributed by atoms with van der Waals surface area (Å²) in [6, 6.07) is 0. The third kappa shape index (κ3) is 1.99. The van der Waals surface area contributed by atoms with Crippen molar-refractivity contribution < 1.29 is 0 Å². The van der Waals surface area contributed by atoms with Crippen molar-refractivity contribution >= 4 is 0 Å².